The molecular weight excluding hydrogens is 234 g/mol. The van der Waals surface area contributed by atoms with Gasteiger partial charge >= 0.3 is 0 Å². The van der Waals surface area contributed by atoms with Gasteiger partial charge in [-0.05, 0) is 37.7 Å². The van der Waals surface area contributed by atoms with E-state index in [1.54, 1.807) is 0 Å². The van der Waals surface area contributed by atoms with Gasteiger partial charge in [0.05, 0.1) is 0 Å². The molecule has 2 heterocycles. The molecule has 3 nitrogen and oxygen atoms in total. The van der Waals surface area contributed by atoms with Crippen molar-refractivity contribution in [3.8, 4) is 0 Å². The second-order valence-corrected chi connectivity index (χ2v) is 6.38. The van der Waals surface area contributed by atoms with Crippen molar-refractivity contribution in [1.82, 2.24) is 9.97 Å². The smallest absolute Gasteiger partial charge is 0.133 e. The lowest BCUT2D eigenvalue weighted by atomic mass is 9.96. The molecule has 1 aliphatic heterocycles. The van der Waals surface area contributed by atoms with E-state index in [0.29, 0.717) is 5.92 Å². The van der Waals surface area contributed by atoms with Crippen LogP contribution in [0.2, 0.25) is 0 Å². The molecule has 3 heteroatoms. The van der Waals surface area contributed by atoms with Gasteiger partial charge in [-0.25, -0.2) is 9.97 Å². The van der Waals surface area contributed by atoms with E-state index in [2.05, 4.69) is 29.8 Å². The summed E-state index contributed by atoms with van der Waals surface area (Å²) in [7, 11) is 0. The van der Waals surface area contributed by atoms with Gasteiger partial charge in [0.1, 0.15) is 11.6 Å². The van der Waals surface area contributed by atoms with Crippen molar-refractivity contribution in [3.63, 3.8) is 0 Å². The average molecular weight is 259 g/mol. The van der Waals surface area contributed by atoms with Crippen LogP contribution >= 0.6 is 0 Å². The van der Waals surface area contributed by atoms with E-state index in [4.69, 9.17) is 4.98 Å². The van der Waals surface area contributed by atoms with Gasteiger partial charge in [-0.2, -0.15) is 0 Å². The third kappa shape index (κ3) is 2.60. The number of nitrogens with zero attached hydrogens (tertiary/aromatic N) is 3. The molecule has 1 aliphatic carbocycles. The average Bonchev–Trinajstić information content (AvgIpc) is 3.09. The minimum atomic E-state index is 0.410. The number of hydrogen-bond acceptors (Lipinski definition) is 3. The molecule has 0 spiro atoms. The standard InChI is InChI=1S/C16H25N3/c1-12(2)16-17-10-9-15(18-16)19-11-5-8-14(19)13-6-3-4-7-13/h9-10,12-14H,3-8,11H2,1-2H3. The van der Waals surface area contributed by atoms with Gasteiger partial charge in [-0.1, -0.05) is 26.7 Å². The van der Waals surface area contributed by atoms with Crippen LogP contribution in [-0.4, -0.2) is 22.6 Å². The zero-order valence-electron chi connectivity index (χ0n) is 12.2. The third-order valence-electron chi connectivity index (χ3n) is 4.71. The largest absolute Gasteiger partial charge is 0.353 e. The van der Waals surface area contributed by atoms with Gasteiger partial charge in [-0.15, -0.1) is 0 Å². The molecule has 0 aromatic carbocycles. The van der Waals surface area contributed by atoms with Crippen molar-refractivity contribution in [2.24, 2.45) is 5.92 Å². The zero-order chi connectivity index (χ0) is 13.2. The van der Waals surface area contributed by atoms with Crippen LogP contribution in [0.5, 0.6) is 0 Å². The van der Waals surface area contributed by atoms with Gasteiger partial charge in [0.15, 0.2) is 0 Å². The van der Waals surface area contributed by atoms with Crippen LogP contribution in [0.15, 0.2) is 12.3 Å². The van der Waals surface area contributed by atoms with Crippen LogP contribution in [-0.2, 0) is 0 Å². The molecule has 0 radical (unpaired) electrons. The lowest BCUT2D eigenvalue weighted by molar-refractivity contribution is 0.429. The van der Waals surface area contributed by atoms with E-state index >= 15 is 0 Å². The Bertz CT molecular complexity index is 424. The van der Waals surface area contributed by atoms with Crippen molar-refractivity contribution < 1.29 is 0 Å². The summed E-state index contributed by atoms with van der Waals surface area (Å²) in [4.78, 5) is 11.7. The Morgan fingerprint density at radius 3 is 2.68 bits per heavy atom. The van der Waals surface area contributed by atoms with Crippen molar-refractivity contribution >= 4 is 5.82 Å². The number of rotatable bonds is 3. The quantitative estimate of drug-likeness (QED) is 0.827. The molecule has 0 amide bonds. The van der Waals surface area contributed by atoms with E-state index in [9.17, 15) is 0 Å². The summed E-state index contributed by atoms with van der Waals surface area (Å²) in [5, 5.41) is 0. The molecule has 1 atom stereocenters. The third-order valence-corrected chi connectivity index (χ3v) is 4.71. The van der Waals surface area contributed by atoms with Crippen LogP contribution < -0.4 is 4.90 Å². The molecule has 0 N–H and O–H groups in total. The maximum atomic E-state index is 4.79. The predicted octanol–water partition coefficient (Wildman–Crippen LogP) is 3.76. The Labute approximate surface area is 116 Å². The summed E-state index contributed by atoms with van der Waals surface area (Å²) in [6.07, 6.45) is 10.3. The summed E-state index contributed by atoms with van der Waals surface area (Å²) < 4.78 is 0. The summed E-state index contributed by atoms with van der Waals surface area (Å²) in [5.74, 6) is 3.45. The predicted molar refractivity (Wildman–Crippen MR) is 78.4 cm³/mol. The maximum absolute atomic E-state index is 4.79. The molecule has 3 rings (SSSR count). The van der Waals surface area contributed by atoms with Crippen LogP contribution in [0.3, 0.4) is 0 Å². The van der Waals surface area contributed by atoms with Gasteiger partial charge in [0.25, 0.3) is 0 Å². The second-order valence-electron chi connectivity index (χ2n) is 6.38. The molecule has 1 saturated heterocycles. The Balaban J connectivity index is 1.81. The Kier molecular flexibility index (Phi) is 3.72. The molecule has 2 fully saturated rings. The molecule has 104 valence electrons. The van der Waals surface area contributed by atoms with E-state index in [0.717, 1.165) is 23.6 Å². The van der Waals surface area contributed by atoms with E-state index < -0.39 is 0 Å². The molecule has 2 aliphatic rings. The fourth-order valence-electron chi connectivity index (χ4n) is 3.71. The normalized spacial score (nSPS) is 24.6. The van der Waals surface area contributed by atoms with Crippen LogP contribution in [0.4, 0.5) is 5.82 Å². The number of hydrogen-bond donors (Lipinski definition) is 0. The second kappa shape index (κ2) is 5.48. The molecular formula is C16H25N3. The van der Waals surface area contributed by atoms with Gasteiger partial charge in [0, 0.05) is 24.7 Å². The first kappa shape index (κ1) is 12.9. The van der Waals surface area contributed by atoms with Crippen molar-refractivity contribution in [2.75, 3.05) is 11.4 Å². The molecule has 0 bridgehead atoms. The van der Waals surface area contributed by atoms with E-state index in [-0.39, 0.29) is 0 Å². The Morgan fingerprint density at radius 1 is 1.16 bits per heavy atom. The first-order chi connectivity index (χ1) is 9.25. The molecule has 1 aromatic heterocycles. The van der Waals surface area contributed by atoms with Gasteiger partial charge in [0.2, 0.25) is 0 Å². The summed E-state index contributed by atoms with van der Waals surface area (Å²) >= 11 is 0. The lowest BCUT2D eigenvalue weighted by Gasteiger charge is -2.30. The zero-order valence-corrected chi connectivity index (χ0v) is 12.2. The minimum Gasteiger partial charge on any atom is -0.353 e. The van der Waals surface area contributed by atoms with Gasteiger partial charge < -0.3 is 4.90 Å². The fourth-order valence-corrected chi connectivity index (χ4v) is 3.71. The van der Waals surface area contributed by atoms with E-state index in [1.165, 1.54) is 45.1 Å². The van der Waals surface area contributed by atoms with Crippen molar-refractivity contribution in [2.45, 2.75) is 64.3 Å². The molecule has 1 unspecified atom stereocenters. The monoisotopic (exact) mass is 259 g/mol. The topological polar surface area (TPSA) is 29.0 Å². The summed E-state index contributed by atoms with van der Waals surface area (Å²) in [6, 6.07) is 2.83. The highest BCUT2D eigenvalue weighted by molar-refractivity contribution is 5.41. The molecule has 1 aromatic rings. The SMILES string of the molecule is CC(C)c1nccc(N2CCCC2C2CCCC2)n1. The number of aromatic nitrogens is 2. The fraction of sp³-hybridized carbons (Fsp3) is 0.750. The lowest BCUT2D eigenvalue weighted by Crippen LogP contribution is -2.35. The van der Waals surface area contributed by atoms with E-state index in [1.807, 2.05) is 6.20 Å². The van der Waals surface area contributed by atoms with Crippen LogP contribution in [0.1, 0.15) is 64.1 Å². The first-order valence-corrected chi connectivity index (χ1v) is 7.85. The van der Waals surface area contributed by atoms with Crippen LogP contribution in [0.25, 0.3) is 0 Å². The Morgan fingerprint density at radius 2 is 1.95 bits per heavy atom. The Hall–Kier alpha value is -1.12. The summed E-state index contributed by atoms with van der Waals surface area (Å²) in [6.45, 7) is 5.50. The molecule has 19 heavy (non-hydrogen) atoms. The minimum absolute atomic E-state index is 0.410. The highest BCUT2D eigenvalue weighted by Crippen LogP contribution is 2.37. The number of anilines is 1. The highest BCUT2D eigenvalue weighted by Gasteiger charge is 2.34. The highest BCUT2D eigenvalue weighted by atomic mass is 15.2. The van der Waals surface area contributed by atoms with Gasteiger partial charge in [-0.3, -0.25) is 0 Å². The van der Waals surface area contributed by atoms with Crippen molar-refractivity contribution in [1.29, 1.82) is 0 Å². The summed E-state index contributed by atoms with van der Waals surface area (Å²) in [5.41, 5.74) is 0. The molecule has 1 saturated carbocycles. The van der Waals surface area contributed by atoms with Crippen LogP contribution in [0, 0.1) is 5.92 Å². The first-order valence-electron chi connectivity index (χ1n) is 7.85. The van der Waals surface area contributed by atoms with Crippen molar-refractivity contribution in [3.05, 3.63) is 18.1 Å². The maximum Gasteiger partial charge on any atom is 0.133 e.